The van der Waals surface area contributed by atoms with Gasteiger partial charge in [-0.15, -0.1) is 11.8 Å². The molecule has 7 atom stereocenters. The van der Waals surface area contributed by atoms with Gasteiger partial charge in [0.25, 0.3) is 0 Å². The van der Waals surface area contributed by atoms with Gasteiger partial charge in [-0.05, 0) is 79.9 Å². The maximum Gasteiger partial charge on any atom is 0.309 e. The molecule has 2 fully saturated rings. The van der Waals surface area contributed by atoms with E-state index in [1.54, 1.807) is 32.5 Å². The van der Waals surface area contributed by atoms with E-state index in [2.05, 4.69) is 11.9 Å². The molecule has 3 rings (SSSR count). The lowest BCUT2D eigenvalue weighted by Gasteiger charge is -2.34. The van der Waals surface area contributed by atoms with E-state index in [1.807, 2.05) is 44.5 Å². The first-order valence-corrected chi connectivity index (χ1v) is 14.8. The number of ketones is 1. The Balaban J connectivity index is 1.86. The summed E-state index contributed by atoms with van der Waals surface area (Å²) >= 11 is 1.64. The summed E-state index contributed by atoms with van der Waals surface area (Å²) in [6, 6.07) is 3.98. The molecule has 6 nitrogen and oxygen atoms in total. The molecule has 0 spiro atoms. The van der Waals surface area contributed by atoms with E-state index in [1.165, 1.54) is 0 Å². The second kappa shape index (κ2) is 12.0. The zero-order valence-electron chi connectivity index (χ0n) is 23.5. The standard InChI is InChI=1S/C30H45NO5S/c1-18-9-8-12-30(6)16-21(30)14-24(19(2)13-22-10-11-23(37-7)17-31-22)36-26(33)15-25(32)29(4,5)28(35)20(3)27(18)34/h10-11,13,17-18,20-21,24-25,27,32,34H,8-9,12,14-16H2,1-7H3/b19-13+/t18-,20+,21+,24?,25-,27-,30+/m0/s1. The fourth-order valence-corrected chi connectivity index (χ4v) is 6.07. The fourth-order valence-electron chi connectivity index (χ4n) is 5.70. The average molecular weight is 532 g/mol. The number of thioether (sulfide) groups is 1. The van der Waals surface area contributed by atoms with Gasteiger partial charge in [0.1, 0.15) is 11.9 Å². The Kier molecular flexibility index (Phi) is 9.68. The molecule has 7 heteroatoms. The number of ether oxygens (including phenoxy) is 1. The Labute approximate surface area is 226 Å². The van der Waals surface area contributed by atoms with Crippen molar-refractivity contribution in [2.75, 3.05) is 6.26 Å². The molecule has 1 saturated heterocycles. The molecule has 0 amide bonds. The van der Waals surface area contributed by atoms with Crippen LogP contribution in [0.3, 0.4) is 0 Å². The van der Waals surface area contributed by atoms with Gasteiger partial charge in [0.15, 0.2) is 0 Å². The van der Waals surface area contributed by atoms with Gasteiger partial charge in [-0.25, -0.2) is 0 Å². The summed E-state index contributed by atoms with van der Waals surface area (Å²) in [6.07, 6.45) is 7.80. The third kappa shape index (κ3) is 7.24. The van der Waals surface area contributed by atoms with Crippen LogP contribution in [-0.2, 0) is 14.3 Å². The SMILES string of the molecule is CSc1ccc(/C=C(\C)C2C[C@@H]3C[C@@]3(C)CCC[C@H](C)[C@H](O)[C@@H](C)C(=O)C(C)(C)[C@@H](O)CC(=O)O2)nc1. The highest BCUT2D eigenvalue weighted by atomic mass is 32.2. The zero-order chi connectivity index (χ0) is 27.5. The van der Waals surface area contributed by atoms with Gasteiger partial charge in [0, 0.05) is 17.0 Å². The van der Waals surface area contributed by atoms with Crippen LogP contribution in [0.25, 0.3) is 6.08 Å². The van der Waals surface area contributed by atoms with Gasteiger partial charge >= 0.3 is 5.97 Å². The lowest BCUT2D eigenvalue weighted by atomic mass is 9.73. The molecule has 1 aromatic rings. The second-order valence-electron chi connectivity index (χ2n) is 12.2. The van der Waals surface area contributed by atoms with Crippen molar-refractivity contribution >= 4 is 29.6 Å². The highest BCUT2D eigenvalue weighted by Crippen LogP contribution is 2.58. The smallest absolute Gasteiger partial charge is 0.309 e. The van der Waals surface area contributed by atoms with E-state index in [9.17, 15) is 19.8 Å². The quantitative estimate of drug-likeness (QED) is 0.382. The fraction of sp³-hybridized carbons (Fsp3) is 0.700. The number of nitrogens with zero attached hydrogens (tertiary/aromatic N) is 1. The number of Topliss-reactive ketones (excluding diaryl/α,β-unsaturated/α-hetero) is 1. The third-order valence-corrected chi connectivity index (χ3v) is 9.65. The van der Waals surface area contributed by atoms with Crippen LogP contribution in [0.1, 0.15) is 85.8 Å². The molecular formula is C30H45NO5S. The maximum atomic E-state index is 13.3. The van der Waals surface area contributed by atoms with Crippen molar-refractivity contribution in [3.63, 3.8) is 0 Å². The van der Waals surface area contributed by atoms with Crippen LogP contribution in [0.5, 0.6) is 0 Å². The summed E-state index contributed by atoms with van der Waals surface area (Å²) in [5.41, 5.74) is 0.733. The molecule has 2 heterocycles. The Bertz CT molecular complexity index is 990. The number of esters is 1. The van der Waals surface area contributed by atoms with Crippen molar-refractivity contribution in [3.05, 3.63) is 29.6 Å². The van der Waals surface area contributed by atoms with Crippen molar-refractivity contribution in [2.45, 2.75) is 103 Å². The van der Waals surface area contributed by atoms with Gasteiger partial charge < -0.3 is 14.9 Å². The summed E-state index contributed by atoms with van der Waals surface area (Å²) in [6.45, 7) is 11.3. The molecule has 37 heavy (non-hydrogen) atoms. The molecule has 2 aliphatic rings. The van der Waals surface area contributed by atoms with Crippen molar-refractivity contribution in [3.8, 4) is 0 Å². The number of aliphatic hydroxyl groups is 2. The van der Waals surface area contributed by atoms with E-state index in [4.69, 9.17) is 4.74 Å². The predicted octanol–water partition coefficient (Wildman–Crippen LogP) is 5.70. The number of rotatable bonds is 3. The number of cyclic esters (lactones) is 1. The average Bonchev–Trinajstić information content (AvgIpc) is 3.50. The van der Waals surface area contributed by atoms with Crippen LogP contribution in [0.4, 0.5) is 0 Å². The van der Waals surface area contributed by atoms with E-state index < -0.39 is 35.6 Å². The number of hydrogen-bond acceptors (Lipinski definition) is 7. The Morgan fingerprint density at radius 3 is 2.51 bits per heavy atom. The Morgan fingerprint density at radius 2 is 1.89 bits per heavy atom. The van der Waals surface area contributed by atoms with Crippen molar-refractivity contribution in [2.24, 2.45) is 28.6 Å². The van der Waals surface area contributed by atoms with Crippen LogP contribution in [0.15, 0.2) is 28.8 Å². The van der Waals surface area contributed by atoms with Crippen LogP contribution in [0, 0.1) is 28.6 Å². The second-order valence-corrected chi connectivity index (χ2v) is 13.1. The third-order valence-electron chi connectivity index (χ3n) is 8.93. The molecule has 1 aliphatic heterocycles. The summed E-state index contributed by atoms with van der Waals surface area (Å²) in [7, 11) is 0. The molecule has 2 N–H and O–H groups in total. The van der Waals surface area contributed by atoms with E-state index >= 15 is 0 Å². The first-order chi connectivity index (χ1) is 17.3. The first kappa shape index (κ1) is 29.9. The Morgan fingerprint density at radius 1 is 1.19 bits per heavy atom. The molecule has 0 bridgehead atoms. The normalized spacial score (nSPS) is 36.0. The zero-order valence-corrected chi connectivity index (χ0v) is 24.3. The van der Waals surface area contributed by atoms with Gasteiger partial charge in [0.05, 0.1) is 29.7 Å². The number of fused-ring (bicyclic) bond motifs is 1. The number of carbonyl (C=O) groups excluding carboxylic acids is 2. The van der Waals surface area contributed by atoms with Crippen LogP contribution < -0.4 is 0 Å². The number of hydrogen-bond donors (Lipinski definition) is 2. The van der Waals surface area contributed by atoms with Crippen LogP contribution in [0.2, 0.25) is 0 Å². The van der Waals surface area contributed by atoms with Crippen molar-refractivity contribution < 1.29 is 24.5 Å². The van der Waals surface area contributed by atoms with E-state index in [-0.39, 0.29) is 23.5 Å². The molecular weight excluding hydrogens is 486 g/mol. The summed E-state index contributed by atoms with van der Waals surface area (Å²) in [5.74, 6) is -0.964. The predicted molar refractivity (Wildman–Crippen MR) is 148 cm³/mol. The minimum atomic E-state index is -1.21. The number of carbonyl (C=O) groups is 2. The van der Waals surface area contributed by atoms with Gasteiger partial charge in [-0.1, -0.05) is 41.0 Å². The molecule has 0 radical (unpaired) electrons. The van der Waals surface area contributed by atoms with Gasteiger partial charge in [-0.2, -0.15) is 0 Å². The van der Waals surface area contributed by atoms with E-state index in [0.717, 1.165) is 48.3 Å². The highest BCUT2D eigenvalue weighted by molar-refractivity contribution is 7.98. The monoisotopic (exact) mass is 531 g/mol. The van der Waals surface area contributed by atoms with Crippen molar-refractivity contribution in [1.29, 1.82) is 0 Å². The topological polar surface area (TPSA) is 96.7 Å². The van der Waals surface area contributed by atoms with Gasteiger partial charge in [-0.3, -0.25) is 14.6 Å². The lowest BCUT2D eigenvalue weighted by molar-refractivity contribution is -0.154. The first-order valence-electron chi connectivity index (χ1n) is 13.6. The number of aromatic nitrogens is 1. The lowest BCUT2D eigenvalue weighted by Crippen LogP contribution is -2.45. The highest BCUT2D eigenvalue weighted by Gasteiger charge is 2.50. The summed E-state index contributed by atoms with van der Waals surface area (Å²) in [4.78, 5) is 31.9. The molecule has 1 unspecified atom stereocenters. The van der Waals surface area contributed by atoms with E-state index in [0.29, 0.717) is 5.92 Å². The molecule has 0 aromatic carbocycles. The van der Waals surface area contributed by atoms with Crippen molar-refractivity contribution in [1.82, 2.24) is 4.98 Å². The molecule has 1 aliphatic carbocycles. The summed E-state index contributed by atoms with van der Waals surface area (Å²) < 4.78 is 5.98. The number of pyridine rings is 1. The Hall–Kier alpha value is -1.70. The minimum absolute atomic E-state index is 0.0199. The molecule has 206 valence electrons. The molecule has 1 saturated carbocycles. The molecule has 1 aromatic heterocycles. The maximum absolute atomic E-state index is 13.3. The largest absolute Gasteiger partial charge is 0.458 e. The van der Waals surface area contributed by atoms with Gasteiger partial charge in [0.2, 0.25) is 0 Å². The van der Waals surface area contributed by atoms with Crippen LogP contribution >= 0.6 is 11.8 Å². The minimum Gasteiger partial charge on any atom is -0.458 e. The summed E-state index contributed by atoms with van der Waals surface area (Å²) in [5, 5.41) is 21.8. The van der Waals surface area contributed by atoms with Crippen LogP contribution in [-0.4, -0.2) is 51.5 Å². The number of aliphatic hydroxyl groups excluding tert-OH is 2.